The molecule has 0 aliphatic rings. The SMILES string of the molecule is COc1cccc(CC(=O)c2ncccc2C)c1F. The van der Waals surface area contributed by atoms with Gasteiger partial charge in [0.1, 0.15) is 5.69 Å². The van der Waals surface area contributed by atoms with Crippen molar-refractivity contribution in [3.05, 3.63) is 59.2 Å². The standard InChI is InChI=1S/C15H14FNO2/c1-10-5-4-8-17-15(10)12(18)9-11-6-3-7-13(19-2)14(11)16/h3-8H,9H2,1-2H3. The molecule has 0 amide bonds. The minimum Gasteiger partial charge on any atom is -0.494 e. The first kappa shape index (κ1) is 13.2. The summed E-state index contributed by atoms with van der Waals surface area (Å²) in [5.74, 6) is -0.555. The van der Waals surface area contributed by atoms with E-state index in [9.17, 15) is 9.18 Å². The van der Waals surface area contributed by atoms with Crippen molar-refractivity contribution in [2.45, 2.75) is 13.3 Å². The lowest BCUT2D eigenvalue weighted by Crippen LogP contribution is -2.09. The van der Waals surface area contributed by atoms with Gasteiger partial charge in [-0.05, 0) is 30.2 Å². The first-order valence-corrected chi connectivity index (χ1v) is 5.89. The molecule has 0 spiro atoms. The number of pyridine rings is 1. The Morgan fingerprint density at radius 2 is 2.11 bits per heavy atom. The molecule has 0 saturated heterocycles. The van der Waals surface area contributed by atoms with Gasteiger partial charge in [-0.2, -0.15) is 0 Å². The molecule has 0 aliphatic carbocycles. The van der Waals surface area contributed by atoms with Gasteiger partial charge in [-0.15, -0.1) is 0 Å². The maximum absolute atomic E-state index is 14.0. The number of methoxy groups -OCH3 is 1. The molecule has 2 aromatic rings. The zero-order valence-corrected chi connectivity index (χ0v) is 10.8. The van der Waals surface area contributed by atoms with Gasteiger partial charge in [0.05, 0.1) is 7.11 Å². The molecule has 4 heteroatoms. The van der Waals surface area contributed by atoms with Crippen molar-refractivity contribution >= 4 is 5.78 Å². The van der Waals surface area contributed by atoms with Crippen molar-refractivity contribution in [2.75, 3.05) is 7.11 Å². The Morgan fingerprint density at radius 3 is 2.79 bits per heavy atom. The van der Waals surface area contributed by atoms with Crippen LogP contribution in [0, 0.1) is 12.7 Å². The van der Waals surface area contributed by atoms with E-state index in [1.807, 2.05) is 13.0 Å². The number of rotatable bonds is 4. The van der Waals surface area contributed by atoms with Crippen LogP contribution in [-0.2, 0) is 6.42 Å². The van der Waals surface area contributed by atoms with Crippen LogP contribution in [0.15, 0.2) is 36.5 Å². The van der Waals surface area contributed by atoms with Crippen LogP contribution < -0.4 is 4.74 Å². The Labute approximate surface area is 111 Å². The second kappa shape index (κ2) is 5.61. The highest BCUT2D eigenvalue weighted by Gasteiger charge is 2.15. The number of carbonyl (C=O) groups excluding carboxylic acids is 1. The normalized spacial score (nSPS) is 10.3. The minimum absolute atomic E-state index is 0.0269. The topological polar surface area (TPSA) is 39.2 Å². The first-order valence-electron chi connectivity index (χ1n) is 5.89. The van der Waals surface area contributed by atoms with E-state index in [1.165, 1.54) is 13.2 Å². The summed E-state index contributed by atoms with van der Waals surface area (Å²) in [7, 11) is 1.40. The summed E-state index contributed by atoms with van der Waals surface area (Å²) in [6.45, 7) is 1.81. The largest absolute Gasteiger partial charge is 0.494 e. The Bertz CT molecular complexity index is 611. The molecule has 0 saturated carbocycles. The second-order valence-corrected chi connectivity index (χ2v) is 4.20. The summed E-state index contributed by atoms with van der Waals surface area (Å²) in [6.07, 6.45) is 1.53. The molecule has 19 heavy (non-hydrogen) atoms. The van der Waals surface area contributed by atoms with Crippen molar-refractivity contribution in [1.82, 2.24) is 4.98 Å². The molecule has 0 unspecified atom stereocenters. The number of nitrogens with zero attached hydrogens (tertiary/aromatic N) is 1. The predicted molar refractivity (Wildman–Crippen MR) is 70.0 cm³/mol. The number of hydrogen-bond donors (Lipinski definition) is 0. The van der Waals surface area contributed by atoms with Crippen LogP contribution in [0.1, 0.15) is 21.6 Å². The lowest BCUT2D eigenvalue weighted by molar-refractivity contribution is 0.0986. The number of hydrogen-bond acceptors (Lipinski definition) is 3. The fourth-order valence-electron chi connectivity index (χ4n) is 1.88. The third-order valence-electron chi connectivity index (χ3n) is 2.89. The van der Waals surface area contributed by atoms with Crippen LogP contribution in [0.5, 0.6) is 5.75 Å². The van der Waals surface area contributed by atoms with Crippen LogP contribution in [0.4, 0.5) is 4.39 Å². The summed E-state index contributed by atoms with van der Waals surface area (Å²) in [4.78, 5) is 16.2. The highest BCUT2D eigenvalue weighted by atomic mass is 19.1. The number of ketones is 1. The highest BCUT2D eigenvalue weighted by Crippen LogP contribution is 2.21. The molecule has 98 valence electrons. The average Bonchev–Trinajstić information content (AvgIpc) is 2.41. The predicted octanol–water partition coefficient (Wildman–Crippen LogP) is 2.96. The van der Waals surface area contributed by atoms with Gasteiger partial charge in [0.25, 0.3) is 0 Å². The van der Waals surface area contributed by atoms with E-state index >= 15 is 0 Å². The van der Waals surface area contributed by atoms with E-state index in [-0.39, 0.29) is 18.0 Å². The summed E-state index contributed by atoms with van der Waals surface area (Å²) in [5, 5.41) is 0. The number of Topliss-reactive ketones (excluding diaryl/α,β-unsaturated/α-hetero) is 1. The van der Waals surface area contributed by atoms with Crippen LogP contribution in [0.25, 0.3) is 0 Å². The molecule has 1 aromatic heterocycles. The molecule has 1 heterocycles. The van der Waals surface area contributed by atoms with Crippen molar-refractivity contribution < 1.29 is 13.9 Å². The number of aryl methyl sites for hydroxylation is 1. The number of aromatic nitrogens is 1. The smallest absolute Gasteiger partial charge is 0.185 e. The lowest BCUT2D eigenvalue weighted by Gasteiger charge is -2.07. The van der Waals surface area contributed by atoms with Gasteiger partial charge in [-0.1, -0.05) is 18.2 Å². The zero-order valence-electron chi connectivity index (χ0n) is 10.8. The van der Waals surface area contributed by atoms with Gasteiger partial charge in [-0.3, -0.25) is 9.78 Å². The number of benzene rings is 1. The molecule has 0 aliphatic heterocycles. The minimum atomic E-state index is -0.494. The van der Waals surface area contributed by atoms with Crippen LogP contribution in [-0.4, -0.2) is 17.9 Å². The van der Waals surface area contributed by atoms with Gasteiger partial charge in [0, 0.05) is 12.6 Å². The van der Waals surface area contributed by atoms with Gasteiger partial charge >= 0.3 is 0 Å². The molecule has 3 nitrogen and oxygen atoms in total. The van der Waals surface area contributed by atoms with E-state index in [0.717, 1.165) is 5.56 Å². The first-order chi connectivity index (χ1) is 9.13. The summed E-state index contributed by atoms with van der Waals surface area (Å²) >= 11 is 0. The van der Waals surface area contributed by atoms with Crippen molar-refractivity contribution in [2.24, 2.45) is 0 Å². The summed E-state index contributed by atoms with van der Waals surface area (Å²) < 4.78 is 18.8. The molecule has 0 bridgehead atoms. The van der Waals surface area contributed by atoms with E-state index in [2.05, 4.69) is 4.98 Å². The Balaban J connectivity index is 2.27. The molecule has 0 atom stereocenters. The maximum Gasteiger partial charge on any atom is 0.185 e. The van der Waals surface area contributed by atoms with Crippen molar-refractivity contribution in [3.8, 4) is 5.75 Å². The fourth-order valence-corrected chi connectivity index (χ4v) is 1.88. The van der Waals surface area contributed by atoms with Crippen molar-refractivity contribution in [3.63, 3.8) is 0 Å². The monoisotopic (exact) mass is 259 g/mol. The molecule has 2 rings (SSSR count). The summed E-state index contributed by atoms with van der Waals surface area (Å²) in [6, 6.07) is 8.33. The van der Waals surface area contributed by atoms with E-state index in [0.29, 0.717) is 11.3 Å². The van der Waals surface area contributed by atoms with E-state index in [4.69, 9.17) is 4.74 Å². The summed E-state index contributed by atoms with van der Waals surface area (Å²) in [5.41, 5.74) is 1.48. The molecule has 0 fully saturated rings. The van der Waals surface area contributed by atoms with Crippen LogP contribution >= 0.6 is 0 Å². The average molecular weight is 259 g/mol. The number of halogens is 1. The van der Waals surface area contributed by atoms with Crippen molar-refractivity contribution in [1.29, 1.82) is 0 Å². The fraction of sp³-hybridized carbons (Fsp3) is 0.200. The Morgan fingerprint density at radius 1 is 1.32 bits per heavy atom. The number of ether oxygens (including phenoxy) is 1. The zero-order chi connectivity index (χ0) is 13.8. The van der Waals surface area contributed by atoms with Gasteiger partial charge in [-0.25, -0.2) is 4.39 Å². The van der Waals surface area contributed by atoms with Gasteiger partial charge in [0.2, 0.25) is 0 Å². The molecular weight excluding hydrogens is 245 g/mol. The third-order valence-corrected chi connectivity index (χ3v) is 2.89. The highest BCUT2D eigenvalue weighted by molar-refractivity contribution is 5.97. The Kier molecular flexibility index (Phi) is 3.90. The van der Waals surface area contributed by atoms with Crippen LogP contribution in [0.3, 0.4) is 0 Å². The maximum atomic E-state index is 14.0. The Hall–Kier alpha value is -2.23. The molecule has 0 radical (unpaired) electrons. The van der Waals surface area contributed by atoms with E-state index in [1.54, 1.807) is 24.4 Å². The van der Waals surface area contributed by atoms with E-state index < -0.39 is 5.82 Å². The lowest BCUT2D eigenvalue weighted by atomic mass is 10.0. The van der Waals surface area contributed by atoms with Crippen LogP contribution in [0.2, 0.25) is 0 Å². The second-order valence-electron chi connectivity index (χ2n) is 4.20. The molecule has 1 aromatic carbocycles. The van der Waals surface area contributed by atoms with Gasteiger partial charge in [0.15, 0.2) is 17.3 Å². The number of carbonyl (C=O) groups is 1. The molecular formula is C15H14FNO2. The molecule has 0 N–H and O–H groups in total. The third kappa shape index (κ3) is 2.78. The quantitative estimate of drug-likeness (QED) is 0.792. The van der Waals surface area contributed by atoms with Gasteiger partial charge < -0.3 is 4.74 Å².